The van der Waals surface area contributed by atoms with Crippen LogP contribution in [0, 0.1) is 0 Å². The second-order valence-electron chi connectivity index (χ2n) is 8.27. The molecule has 0 bridgehead atoms. The Bertz CT molecular complexity index is 1140. The number of nitrogens with zero attached hydrogens (tertiary/aromatic N) is 3. The van der Waals surface area contributed by atoms with Crippen molar-refractivity contribution in [3.63, 3.8) is 0 Å². The minimum absolute atomic E-state index is 0.0775. The number of methoxy groups -OCH3 is 1. The van der Waals surface area contributed by atoms with Crippen molar-refractivity contribution < 1.29 is 14.3 Å². The smallest absolute Gasteiger partial charge is 0.231 e. The molecule has 7 nitrogen and oxygen atoms in total. The van der Waals surface area contributed by atoms with Crippen molar-refractivity contribution in [1.82, 2.24) is 14.5 Å². The summed E-state index contributed by atoms with van der Waals surface area (Å²) < 4.78 is 15.2. The van der Waals surface area contributed by atoms with Crippen LogP contribution in [-0.4, -0.2) is 48.1 Å². The van der Waals surface area contributed by atoms with Crippen molar-refractivity contribution in [1.29, 1.82) is 0 Å². The third kappa shape index (κ3) is 5.16. The molecule has 34 heavy (non-hydrogen) atoms. The normalized spacial score (nSPS) is 15.7. The second kappa shape index (κ2) is 10.9. The maximum absolute atomic E-state index is 13.5. The molecule has 2 aromatic carbocycles. The van der Waals surface area contributed by atoms with Crippen LogP contribution in [0.3, 0.4) is 0 Å². The number of carbonyl (C=O) groups is 1. The molecule has 0 saturated heterocycles. The van der Waals surface area contributed by atoms with Crippen LogP contribution in [0.25, 0.3) is 0 Å². The van der Waals surface area contributed by atoms with Crippen LogP contribution < -0.4 is 10.1 Å². The zero-order valence-corrected chi connectivity index (χ0v) is 22.6. The maximum atomic E-state index is 13.5. The van der Waals surface area contributed by atoms with Gasteiger partial charge in [-0.1, -0.05) is 30.3 Å². The number of amides is 1. The quantitative estimate of drug-likeness (QED) is 0.400. The summed E-state index contributed by atoms with van der Waals surface area (Å²) in [6.07, 6.45) is 1.23. The highest BCUT2D eigenvalue weighted by Crippen LogP contribution is 2.37. The number of ether oxygens (including phenoxy) is 2. The molecule has 1 atom stereocenters. The number of likely N-dealkylation sites (N-methyl/N-ethyl adjacent to an activating group) is 1. The highest BCUT2D eigenvalue weighted by atomic mass is 79.9. The molecule has 3 aromatic rings. The molecule has 0 fully saturated rings. The molecule has 1 unspecified atom stereocenters. The van der Waals surface area contributed by atoms with Gasteiger partial charge >= 0.3 is 0 Å². The van der Waals surface area contributed by atoms with E-state index in [9.17, 15) is 4.79 Å². The zero-order valence-electron chi connectivity index (χ0n) is 19.5. The fraction of sp³-hybridized carbons (Fsp3) is 0.360. The van der Waals surface area contributed by atoms with Gasteiger partial charge in [-0.25, -0.2) is 4.98 Å². The van der Waals surface area contributed by atoms with Gasteiger partial charge in [0.25, 0.3) is 0 Å². The van der Waals surface area contributed by atoms with Crippen molar-refractivity contribution in [3.8, 4) is 5.75 Å². The van der Waals surface area contributed by atoms with Crippen molar-refractivity contribution >= 4 is 43.7 Å². The maximum Gasteiger partial charge on any atom is 0.231 e. The van der Waals surface area contributed by atoms with Crippen molar-refractivity contribution in [2.75, 3.05) is 33.1 Å². The Morgan fingerprint density at radius 2 is 1.85 bits per heavy atom. The van der Waals surface area contributed by atoms with Gasteiger partial charge in [0.1, 0.15) is 12.5 Å². The third-order valence-electron chi connectivity index (χ3n) is 6.03. The first-order valence-corrected chi connectivity index (χ1v) is 12.7. The fourth-order valence-electron chi connectivity index (χ4n) is 4.35. The number of benzene rings is 2. The number of nitrogens with one attached hydrogen (secondary N) is 1. The first-order chi connectivity index (χ1) is 16.4. The predicted octanol–water partition coefficient (Wildman–Crippen LogP) is 4.97. The Hall–Kier alpha value is -2.36. The summed E-state index contributed by atoms with van der Waals surface area (Å²) in [5.74, 6) is 1.13. The molecule has 1 aliphatic heterocycles. The van der Waals surface area contributed by atoms with Crippen LogP contribution in [0.2, 0.25) is 0 Å². The summed E-state index contributed by atoms with van der Waals surface area (Å²) in [6.45, 7) is 1.41. The molecule has 4 rings (SSSR count). The SMILES string of the molecule is CNc1nc2c(n1COCc1ccccc1)C(Cc1cc(Br)c(OC)c(Br)c1)C(=O)N(C)CC2. The number of fused-ring (bicyclic) bond motifs is 1. The van der Waals surface area contributed by atoms with Crippen LogP contribution in [0.15, 0.2) is 51.4 Å². The molecule has 1 amide bonds. The number of anilines is 1. The average Bonchev–Trinajstić information content (AvgIpc) is 3.13. The molecule has 0 spiro atoms. The molecule has 9 heteroatoms. The average molecular weight is 592 g/mol. The number of rotatable bonds is 8. The predicted molar refractivity (Wildman–Crippen MR) is 139 cm³/mol. The van der Waals surface area contributed by atoms with E-state index in [2.05, 4.69) is 37.2 Å². The Labute approximate surface area is 216 Å². The van der Waals surface area contributed by atoms with E-state index >= 15 is 0 Å². The van der Waals surface area contributed by atoms with Gasteiger partial charge in [-0.3, -0.25) is 9.36 Å². The lowest BCUT2D eigenvalue weighted by Gasteiger charge is -2.23. The summed E-state index contributed by atoms with van der Waals surface area (Å²) >= 11 is 7.17. The number of carbonyl (C=O) groups excluding carboxylic acids is 1. The molecule has 180 valence electrons. The minimum Gasteiger partial charge on any atom is -0.494 e. The molecule has 1 aliphatic rings. The number of hydrogen-bond acceptors (Lipinski definition) is 5. The van der Waals surface area contributed by atoms with Crippen LogP contribution in [0.5, 0.6) is 5.75 Å². The van der Waals surface area contributed by atoms with Gasteiger partial charge < -0.3 is 19.7 Å². The van der Waals surface area contributed by atoms with Gasteiger partial charge in [0.15, 0.2) is 0 Å². The van der Waals surface area contributed by atoms with E-state index in [1.165, 1.54) is 0 Å². The number of hydrogen-bond donors (Lipinski definition) is 1. The van der Waals surface area contributed by atoms with Crippen LogP contribution >= 0.6 is 31.9 Å². The lowest BCUT2D eigenvalue weighted by Crippen LogP contribution is -2.33. The molecular weight excluding hydrogens is 564 g/mol. The summed E-state index contributed by atoms with van der Waals surface area (Å²) in [5, 5.41) is 3.18. The van der Waals surface area contributed by atoms with E-state index in [1.807, 2.05) is 61.1 Å². The van der Waals surface area contributed by atoms with E-state index in [0.29, 0.717) is 38.7 Å². The molecule has 1 aromatic heterocycles. The number of aromatic nitrogens is 2. The first kappa shape index (κ1) is 24.8. The van der Waals surface area contributed by atoms with Gasteiger partial charge in [0.2, 0.25) is 11.9 Å². The van der Waals surface area contributed by atoms with Gasteiger partial charge in [0, 0.05) is 27.1 Å². The highest BCUT2D eigenvalue weighted by Gasteiger charge is 2.34. The molecular formula is C25H28Br2N4O3. The topological polar surface area (TPSA) is 68.6 Å². The minimum atomic E-state index is -0.385. The Kier molecular flexibility index (Phi) is 7.95. The lowest BCUT2D eigenvalue weighted by molar-refractivity contribution is -0.131. The van der Waals surface area contributed by atoms with Crippen LogP contribution in [0.1, 0.15) is 28.4 Å². The number of imidazole rings is 1. The second-order valence-corrected chi connectivity index (χ2v) is 9.98. The van der Waals surface area contributed by atoms with E-state index in [1.54, 1.807) is 12.0 Å². The molecule has 0 aliphatic carbocycles. The fourth-order valence-corrected chi connectivity index (χ4v) is 5.96. The van der Waals surface area contributed by atoms with Gasteiger partial charge in [-0.05, 0) is 61.5 Å². The van der Waals surface area contributed by atoms with Gasteiger partial charge in [0.05, 0.1) is 40.0 Å². The summed E-state index contributed by atoms with van der Waals surface area (Å²) in [7, 11) is 5.33. The molecule has 0 saturated carbocycles. The van der Waals surface area contributed by atoms with Gasteiger partial charge in [-0.2, -0.15) is 0 Å². The largest absolute Gasteiger partial charge is 0.494 e. The van der Waals surface area contributed by atoms with Crippen molar-refractivity contribution in [3.05, 3.63) is 73.9 Å². The van der Waals surface area contributed by atoms with E-state index in [-0.39, 0.29) is 11.8 Å². The van der Waals surface area contributed by atoms with E-state index < -0.39 is 0 Å². The first-order valence-electron chi connectivity index (χ1n) is 11.1. The van der Waals surface area contributed by atoms with E-state index in [0.717, 1.165) is 37.2 Å². The summed E-state index contributed by atoms with van der Waals surface area (Å²) in [6, 6.07) is 14.1. The highest BCUT2D eigenvalue weighted by molar-refractivity contribution is 9.11. The van der Waals surface area contributed by atoms with Crippen LogP contribution in [0.4, 0.5) is 5.95 Å². The van der Waals surface area contributed by atoms with Crippen LogP contribution in [-0.2, 0) is 35.7 Å². The Morgan fingerprint density at radius 3 is 2.50 bits per heavy atom. The van der Waals surface area contributed by atoms with Gasteiger partial charge in [-0.15, -0.1) is 0 Å². The zero-order chi connectivity index (χ0) is 24.2. The lowest BCUT2D eigenvalue weighted by atomic mass is 9.94. The molecule has 2 heterocycles. The number of halogens is 2. The molecule has 0 radical (unpaired) electrons. The molecule has 1 N–H and O–H groups in total. The standard InChI is InChI=1S/C25H28Br2N4O3/c1-28-25-29-21-9-10-30(2)24(32)18(11-17-12-19(26)23(33-3)20(27)13-17)22(21)31(25)15-34-14-16-7-5-4-6-8-16/h4-8,12-13,18H,9-11,14-15H2,1-3H3,(H,28,29). The third-order valence-corrected chi connectivity index (χ3v) is 7.21. The monoisotopic (exact) mass is 590 g/mol. The Balaban J connectivity index is 1.68. The van der Waals surface area contributed by atoms with E-state index in [4.69, 9.17) is 14.5 Å². The van der Waals surface area contributed by atoms with Crippen molar-refractivity contribution in [2.24, 2.45) is 0 Å². The Morgan fingerprint density at radius 1 is 1.15 bits per heavy atom. The summed E-state index contributed by atoms with van der Waals surface area (Å²) in [5.41, 5.74) is 3.96. The van der Waals surface area contributed by atoms with Crippen molar-refractivity contribution in [2.45, 2.75) is 32.1 Å². The summed E-state index contributed by atoms with van der Waals surface area (Å²) in [4.78, 5) is 20.2.